The normalized spacial score (nSPS) is 16.9. The average molecular weight is 506 g/mol. The number of aliphatic imine (C=N–C) groups is 1. The highest BCUT2D eigenvalue weighted by Gasteiger charge is 2.35. The number of benzene rings is 3. The topological polar surface area (TPSA) is 61.8 Å². The van der Waals surface area contributed by atoms with Gasteiger partial charge in [0.05, 0.1) is 10.9 Å². The molecule has 180 valence electrons. The number of rotatable bonds is 9. The van der Waals surface area contributed by atoms with Gasteiger partial charge in [-0.3, -0.25) is 14.5 Å². The number of carbonyl (C=O) groups excluding carboxylic acids is 2. The Morgan fingerprint density at radius 1 is 0.971 bits per heavy atom. The Kier molecular flexibility index (Phi) is 8.98. The fourth-order valence-corrected chi connectivity index (χ4v) is 5.23. The molecule has 7 heteroatoms. The molecule has 1 heterocycles. The van der Waals surface area contributed by atoms with Crippen LogP contribution in [-0.2, 0) is 22.4 Å². The van der Waals surface area contributed by atoms with Crippen LogP contribution in [0.4, 0.5) is 5.69 Å². The van der Waals surface area contributed by atoms with E-state index < -0.39 is 5.25 Å². The van der Waals surface area contributed by atoms with Gasteiger partial charge in [0.1, 0.15) is 0 Å². The number of carbonyl (C=O) groups is 2. The maximum atomic E-state index is 13.1. The molecule has 0 bridgehead atoms. The molecule has 4 rings (SSSR count). The molecule has 1 aliphatic rings. The summed E-state index contributed by atoms with van der Waals surface area (Å²) in [7, 11) is 0. The van der Waals surface area contributed by atoms with E-state index in [1.165, 1.54) is 17.3 Å². The Morgan fingerprint density at radius 3 is 2.34 bits per heavy atom. The van der Waals surface area contributed by atoms with Gasteiger partial charge in [-0.25, -0.2) is 4.99 Å². The summed E-state index contributed by atoms with van der Waals surface area (Å²) in [4.78, 5) is 32.5. The first-order valence-corrected chi connectivity index (χ1v) is 13.0. The van der Waals surface area contributed by atoms with Crippen molar-refractivity contribution in [2.24, 2.45) is 4.99 Å². The third-order valence-corrected chi connectivity index (χ3v) is 7.13. The second-order valence-corrected chi connectivity index (χ2v) is 9.95. The molecule has 1 fully saturated rings. The van der Waals surface area contributed by atoms with Crippen molar-refractivity contribution in [3.8, 4) is 0 Å². The summed E-state index contributed by atoms with van der Waals surface area (Å²) in [6.45, 7) is 1.07. The molecule has 0 aromatic heterocycles. The molecule has 5 nitrogen and oxygen atoms in total. The molecule has 3 aromatic rings. The van der Waals surface area contributed by atoms with Gasteiger partial charge in [-0.1, -0.05) is 90.1 Å². The highest BCUT2D eigenvalue weighted by Crippen LogP contribution is 2.30. The number of thioether (sulfide) groups is 1. The SMILES string of the molecule is O=C(NCCc1ccccc1)C1CC(=O)N(CCCc2ccccc2)C(=Nc2cccc(Cl)c2)S1. The first-order valence-electron chi connectivity index (χ1n) is 11.8. The van der Waals surface area contributed by atoms with Gasteiger partial charge in [-0.15, -0.1) is 0 Å². The second-order valence-electron chi connectivity index (χ2n) is 8.35. The summed E-state index contributed by atoms with van der Waals surface area (Å²) in [6.07, 6.45) is 2.57. The van der Waals surface area contributed by atoms with E-state index >= 15 is 0 Å². The van der Waals surface area contributed by atoms with Crippen LogP contribution < -0.4 is 5.32 Å². The minimum absolute atomic E-state index is 0.0826. The van der Waals surface area contributed by atoms with Gasteiger partial charge in [-0.2, -0.15) is 0 Å². The third kappa shape index (κ3) is 7.44. The van der Waals surface area contributed by atoms with Crippen LogP contribution >= 0.6 is 23.4 Å². The predicted octanol–water partition coefficient (Wildman–Crippen LogP) is 5.65. The monoisotopic (exact) mass is 505 g/mol. The molecule has 3 aromatic carbocycles. The summed E-state index contributed by atoms with van der Waals surface area (Å²) in [6, 6.07) is 27.4. The van der Waals surface area contributed by atoms with Gasteiger partial charge in [0, 0.05) is 24.5 Å². The van der Waals surface area contributed by atoms with E-state index in [4.69, 9.17) is 16.6 Å². The standard InChI is InChI=1S/C28H28ClN3O2S/c29-23-14-7-15-24(19-23)31-28-32(18-8-13-21-9-3-1-4-10-21)26(33)20-25(35-28)27(34)30-17-16-22-11-5-2-6-12-22/h1-7,9-12,14-15,19,25H,8,13,16-18,20H2,(H,30,34). The second kappa shape index (κ2) is 12.6. The number of aryl methyl sites for hydroxylation is 1. The van der Waals surface area contributed by atoms with Crippen LogP contribution in [-0.4, -0.2) is 40.2 Å². The van der Waals surface area contributed by atoms with Gasteiger partial charge < -0.3 is 5.32 Å². The Morgan fingerprint density at radius 2 is 1.66 bits per heavy atom. The van der Waals surface area contributed by atoms with E-state index in [2.05, 4.69) is 17.4 Å². The predicted molar refractivity (Wildman–Crippen MR) is 144 cm³/mol. The van der Waals surface area contributed by atoms with Crippen LogP contribution in [0.3, 0.4) is 0 Å². The molecule has 1 aliphatic heterocycles. The van der Waals surface area contributed by atoms with Crippen LogP contribution in [0.5, 0.6) is 0 Å². The Labute approximate surface area is 215 Å². The van der Waals surface area contributed by atoms with Gasteiger partial charge in [0.2, 0.25) is 11.8 Å². The smallest absolute Gasteiger partial charge is 0.234 e. The first kappa shape index (κ1) is 25.0. The minimum Gasteiger partial charge on any atom is -0.355 e. The maximum absolute atomic E-state index is 13.1. The quantitative estimate of drug-likeness (QED) is 0.408. The van der Waals surface area contributed by atoms with Crippen LogP contribution in [0.25, 0.3) is 0 Å². The lowest BCUT2D eigenvalue weighted by Crippen LogP contribution is -2.47. The molecule has 2 amide bonds. The summed E-state index contributed by atoms with van der Waals surface area (Å²) in [5.74, 6) is -0.220. The number of halogens is 1. The third-order valence-electron chi connectivity index (χ3n) is 5.71. The van der Waals surface area contributed by atoms with Crippen molar-refractivity contribution in [3.05, 3.63) is 101 Å². The van der Waals surface area contributed by atoms with E-state index in [1.54, 1.807) is 17.0 Å². The maximum Gasteiger partial charge on any atom is 0.234 e. The van der Waals surface area contributed by atoms with E-state index in [0.717, 1.165) is 24.8 Å². The molecule has 0 aliphatic carbocycles. The molecule has 1 saturated heterocycles. The number of nitrogens with one attached hydrogen (secondary N) is 1. The lowest BCUT2D eigenvalue weighted by atomic mass is 10.1. The molecular weight excluding hydrogens is 478 g/mol. The molecule has 1 N–H and O–H groups in total. The van der Waals surface area contributed by atoms with Gasteiger partial charge in [0.25, 0.3) is 0 Å². The number of hydrogen-bond donors (Lipinski definition) is 1. The Balaban J connectivity index is 1.43. The van der Waals surface area contributed by atoms with E-state index in [0.29, 0.717) is 29.0 Å². The highest BCUT2D eigenvalue weighted by atomic mass is 35.5. The Bertz CT molecular complexity index is 1170. The van der Waals surface area contributed by atoms with E-state index in [9.17, 15) is 9.59 Å². The van der Waals surface area contributed by atoms with E-state index in [-0.39, 0.29) is 18.2 Å². The van der Waals surface area contributed by atoms with Crippen molar-refractivity contribution in [2.75, 3.05) is 13.1 Å². The summed E-state index contributed by atoms with van der Waals surface area (Å²) < 4.78 is 0. The zero-order valence-electron chi connectivity index (χ0n) is 19.4. The lowest BCUT2D eigenvalue weighted by molar-refractivity contribution is -0.130. The molecule has 1 unspecified atom stereocenters. The van der Waals surface area contributed by atoms with Crippen LogP contribution in [0.2, 0.25) is 5.02 Å². The highest BCUT2D eigenvalue weighted by molar-refractivity contribution is 8.15. The molecule has 0 spiro atoms. The zero-order chi connectivity index (χ0) is 24.5. The summed E-state index contributed by atoms with van der Waals surface area (Å²) >= 11 is 7.49. The summed E-state index contributed by atoms with van der Waals surface area (Å²) in [5, 5.41) is 3.59. The van der Waals surface area contributed by atoms with Crippen molar-refractivity contribution in [1.82, 2.24) is 10.2 Å². The van der Waals surface area contributed by atoms with E-state index in [1.807, 2.05) is 60.7 Å². The minimum atomic E-state index is -0.512. The molecule has 0 radical (unpaired) electrons. The molecule has 0 saturated carbocycles. The van der Waals surface area contributed by atoms with Crippen molar-refractivity contribution in [3.63, 3.8) is 0 Å². The van der Waals surface area contributed by atoms with Crippen molar-refractivity contribution >= 4 is 46.0 Å². The van der Waals surface area contributed by atoms with Crippen molar-refractivity contribution in [1.29, 1.82) is 0 Å². The van der Waals surface area contributed by atoms with Crippen molar-refractivity contribution < 1.29 is 9.59 Å². The van der Waals surface area contributed by atoms with Crippen LogP contribution in [0.1, 0.15) is 24.0 Å². The van der Waals surface area contributed by atoms with Gasteiger partial charge in [0.15, 0.2) is 5.17 Å². The molecule has 35 heavy (non-hydrogen) atoms. The number of hydrogen-bond acceptors (Lipinski definition) is 4. The summed E-state index contributed by atoms with van der Waals surface area (Å²) in [5.41, 5.74) is 3.05. The number of nitrogens with zero attached hydrogens (tertiary/aromatic N) is 2. The lowest BCUT2D eigenvalue weighted by Gasteiger charge is -2.32. The number of amidine groups is 1. The van der Waals surface area contributed by atoms with Gasteiger partial charge in [-0.05, 0) is 48.6 Å². The average Bonchev–Trinajstić information content (AvgIpc) is 2.86. The zero-order valence-corrected chi connectivity index (χ0v) is 21.0. The first-order chi connectivity index (χ1) is 17.1. The largest absolute Gasteiger partial charge is 0.355 e. The molecular formula is C28H28ClN3O2S. The fraction of sp³-hybridized carbons (Fsp3) is 0.250. The van der Waals surface area contributed by atoms with Gasteiger partial charge >= 0.3 is 0 Å². The Hall–Kier alpha value is -3.09. The molecule has 1 atom stereocenters. The fourth-order valence-electron chi connectivity index (χ4n) is 3.89. The van der Waals surface area contributed by atoms with Crippen LogP contribution in [0, 0.1) is 0 Å². The number of amides is 2. The van der Waals surface area contributed by atoms with Crippen molar-refractivity contribution in [2.45, 2.75) is 30.9 Å². The van der Waals surface area contributed by atoms with Crippen LogP contribution in [0.15, 0.2) is 89.9 Å².